The minimum Gasteiger partial charge on any atom is -0.298 e. The van der Waals surface area contributed by atoms with Crippen LogP contribution in [0.4, 0.5) is 0 Å². The van der Waals surface area contributed by atoms with Crippen LogP contribution in [-0.2, 0) is 11.4 Å². The second kappa shape index (κ2) is 4.68. The van der Waals surface area contributed by atoms with Gasteiger partial charge in [0.2, 0.25) is 0 Å². The molecule has 0 aliphatic rings. The van der Waals surface area contributed by atoms with E-state index in [-0.39, 0.29) is 0 Å². The van der Waals surface area contributed by atoms with Crippen molar-refractivity contribution in [3.63, 3.8) is 0 Å². The lowest BCUT2D eigenvalue weighted by Crippen LogP contribution is -2.02. The van der Waals surface area contributed by atoms with Gasteiger partial charge < -0.3 is 0 Å². The van der Waals surface area contributed by atoms with Crippen LogP contribution in [0.25, 0.3) is 11.1 Å². The number of pyridine rings is 1. The molecule has 1 aromatic heterocycles. The van der Waals surface area contributed by atoms with Gasteiger partial charge in [-0.25, -0.2) is 5.90 Å². The Labute approximate surface area is 88.5 Å². The van der Waals surface area contributed by atoms with Crippen molar-refractivity contribution in [2.24, 2.45) is 5.90 Å². The van der Waals surface area contributed by atoms with Crippen molar-refractivity contribution < 1.29 is 4.84 Å². The second-order valence-electron chi connectivity index (χ2n) is 3.17. The molecule has 1 aromatic carbocycles. The standard InChI is InChI=1S/C12H12N2O/c13-15-9-12-11(7-4-8-14-12)10-5-2-1-3-6-10/h1-8H,9,13H2. The third-order valence-corrected chi connectivity index (χ3v) is 2.20. The number of benzene rings is 1. The smallest absolute Gasteiger partial charge is 0.111 e. The van der Waals surface area contributed by atoms with Gasteiger partial charge >= 0.3 is 0 Å². The van der Waals surface area contributed by atoms with Gasteiger partial charge in [0.25, 0.3) is 0 Å². The molecule has 76 valence electrons. The molecular formula is C12H12N2O. The third-order valence-electron chi connectivity index (χ3n) is 2.20. The van der Waals surface area contributed by atoms with Gasteiger partial charge in [-0.1, -0.05) is 36.4 Å². The predicted molar refractivity (Wildman–Crippen MR) is 58.6 cm³/mol. The summed E-state index contributed by atoms with van der Waals surface area (Å²) >= 11 is 0. The fourth-order valence-corrected chi connectivity index (χ4v) is 1.51. The van der Waals surface area contributed by atoms with Gasteiger partial charge in [0, 0.05) is 11.8 Å². The molecule has 2 rings (SSSR count). The van der Waals surface area contributed by atoms with Crippen molar-refractivity contribution >= 4 is 0 Å². The molecule has 2 N–H and O–H groups in total. The highest BCUT2D eigenvalue weighted by Gasteiger charge is 2.04. The predicted octanol–water partition coefficient (Wildman–Crippen LogP) is 2.14. The number of aromatic nitrogens is 1. The first-order valence-corrected chi connectivity index (χ1v) is 4.73. The average molecular weight is 200 g/mol. The molecule has 0 saturated heterocycles. The largest absolute Gasteiger partial charge is 0.298 e. The monoisotopic (exact) mass is 200 g/mol. The molecule has 0 radical (unpaired) electrons. The van der Waals surface area contributed by atoms with E-state index in [1.54, 1.807) is 6.20 Å². The Bertz CT molecular complexity index is 429. The molecule has 0 unspecified atom stereocenters. The van der Waals surface area contributed by atoms with Crippen molar-refractivity contribution in [3.05, 3.63) is 54.4 Å². The van der Waals surface area contributed by atoms with Gasteiger partial charge in [-0.15, -0.1) is 0 Å². The number of nitrogens with zero attached hydrogens (tertiary/aromatic N) is 1. The molecule has 15 heavy (non-hydrogen) atoms. The Morgan fingerprint density at radius 3 is 2.60 bits per heavy atom. The lowest BCUT2D eigenvalue weighted by Gasteiger charge is -2.06. The fourth-order valence-electron chi connectivity index (χ4n) is 1.51. The number of hydrogen-bond donors (Lipinski definition) is 1. The summed E-state index contributed by atoms with van der Waals surface area (Å²) in [6.45, 7) is 0.324. The maximum Gasteiger partial charge on any atom is 0.111 e. The van der Waals surface area contributed by atoms with Crippen LogP contribution in [0.2, 0.25) is 0 Å². The van der Waals surface area contributed by atoms with E-state index in [9.17, 15) is 0 Å². The molecule has 0 aliphatic carbocycles. The highest BCUT2D eigenvalue weighted by atomic mass is 16.6. The summed E-state index contributed by atoms with van der Waals surface area (Å²) < 4.78 is 0. The highest BCUT2D eigenvalue weighted by Crippen LogP contribution is 2.21. The van der Waals surface area contributed by atoms with Crippen molar-refractivity contribution in [2.45, 2.75) is 6.61 Å². The maximum atomic E-state index is 5.07. The van der Waals surface area contributed by atoms with E-state index < -0.39 is 0 Å². The molecule has 0 aliphatic heterocycles. The first kappa shape index (κ1) is 9.83. The van der Waals surface area contributed by atoms with Gasteiger partial charge in [-0.3, -0.25) is 9.82 Å². The van der Waals surface area contributed by atoms with Crippen LogP contribution in [0, 0.1) is 0 Å². The van der Waals surface area contributed by atoms with Crippen molar-refractivity contribution in [1.29, 1.82) is 0 Å². The second-order valence-corrected chi connectivity index (χ2v) is 3.17. The Hall–Kier alpha value is -1.71. The summed E-state index contributed by atoms with van der Waals surface area (Å²) in [5.74, 6) is 5.07. The minimum atomic E-state index is 0.324. The Kier molecular flexibility index (Phi) is 3.07. The zero-order valence-electron chi connectivity index (χ0n) is 8.26. The SMILES string of the molecule is NOCc1ncccc1-c1ccccc1. The van der Waals surface area contributed by atoms with Gasteiger partial charge in [0.15, 0.2) is 0 Å². The van der Waals surface area contributed by atoms with Gasteiger partial charge in [0.05, 0.1) is 5.69 Å². The Morgan fingerprint density at radius 1 is 1.07 bits per heavy atom. The van der Waals surface area contributed by atoms with Crippen LogP contribution in [0.1, 0.15) is 5.69 Å². The molecule has 0 amide bonds. The summed E-state index contributed by atoms with van der Waals surface area (Å²) in [5, 5.41) is 0. The average Bonchev–Trinajstić information content (AvgIpc) is 2.31. The van der Waals surface area contributed by atoms with Crippen LogP contribution in [0.5, 0.6) is 0 Å². The molecule has 0 fully saturated rings. The normalized spacial score (nSPS) is 10.2. The van der Waals surface area contributed by atoms with E-state index in [0.29, 0.717) is 6.61 Å². The molecular weight excluding hydrogens is 188 g/mol. The first-order chi connectivity index (χ1) is 7.42. The van der Waals surface area contributed by atoms with Crippen LogP contribution in [-0.4, -0.2) is 4.98 Å². The summed E-state index contributed by atoms with van der Waals surface area (Å²) in [6.07, 6.45) is 1.74. The molecule has 3 heteroatoms. The zero-order valence-corrected chi connectivity index (χ0v) is 8.26. The van der Waals surface area contributed by atoms with Crippen molar-refractivity contribution in [1.82, 2.24) is 4.98 Å². The summed E-state index contributed by atoms with van der Waals surface area (Å²) in [6, 6.07) is 14.0. The fraction of sp³-hybridized carbons (Fsp3) is 0.0833. The lowest BCUT2D eigenvalue weighted by molar-refractivity contribution is 0.121. The molecule has 1 heterocycles. The van der Waals surface area contributed by atoms with E-state index in [0.717, 1.165) is 16.8 Å². The van der Waals surface area contributed by atoms with E-state index in [4.69, 9.17) is 5.90 Å². The Balaban J connectivity index is 2.43. The molecule has 0 bridgehead atoms. The maximum absolute atomic E-state index is 5.07. The minimum absolute atomic E-state index is 0.324. The molecule has 0 saturated carbocycles. The van der Waals surface area contributed by atoms with Crippen molar-refractivity contribution in [3.8, 4) is 11.1 Å². The molecule has 0 spiro atoms. The Morgan fingerprint density at radius 2 is 1.87 bits per heavy atom. The van der Waals surface area contributed by atoms with Crippen LogP contribution in [0.15, 0.2) is 48.7 Å². The third kappa shape index (κ3) is 2.21. The topological polar surface area (TPSA) is 48.1 Å². The van der Waals surface area contributed by atoms with Gasteiger partial charge in [-0.2, -0.15) is 0 Å². The van der Waals surface area contributed by atoms with Crippen LogP contribution in [0.3, 0.4) is 0 Å². The van der Waals surface area contributed by atoms with Crippen LogP contribution < -0.4 is 5.90 Å². The van der Waals surface area contributed by atoms with E-state index in [1.165, 1.54) is 0 Å². The number of nitrogens with two attached hydrogens (primary N) is 1. The lowest BCUT2D eigenvalue weighted by atomic mass is 10.0. The van der Waals surface area contributed by atoms with E-state index >= 15 is 0 Å². The van der Waals surface area contributed by atoms with Crippen molar-refractivity contribution in [2.75, 3.05) is 0 Å². The van der Waals surface area contributed by atoms with Gasteiger partial charge in [0.1, 0.15) is 6.61 Å². The summed E-state index contributed by atoms with van der Waals surface area (Å²) in [4.78, 5) is 8.87. The first-order valence-electron chi connectivity index (χ1n) is 4.73. The van der Waals surface area contributed by atoms with E-state index in [2.05, 4.69) is 9.82 Å². The quantitative estimate of drug-likeness (QED) is 0.772. The summed E-state index contributed by atoms with van der Waals surface area (Å²) in [5.41, 5.74) is 3.03. The van der Waals surface area contributed by atoms with Gasteiger partial charge in [-0.05, 0) is 11.6 Å². The summed E-state index contributed by atoms with van der Waals surface area (Å²) in [7, 11) is 0. The molecule has 0 atom stereocenters. The highest BCUT2D eigenvalue weighted by molar-refractivity contribution is 5.65. The number of hydrogen-bond acceptors (Lipinski definition) is 3. The van der Waals surface area contributed by atoms with E-state index in [1.807, 2.05) is 42.5 Å². The zero-order chi connectivity index (χ0) is 10.5. The van der Waals surface area contributed by atoms with Crippen LogP contribution >= 0.6 is 0 Å². The molecule has 3 nitrogen and oxygen atoms in total. The number of rotatable bonds is 3. The molecule has 2 aromatic rings.